The first kappa shape index (κ1) is 17.7. The van der Waals surface area contributed by atoms with Gasteiger partial charge in [-0.1, -0.05) is 30.5 Å². The number of carbonyl (C=O) groups excluding carboxylic acids is 1. The molecule has 0 bridgehead atoms. The Labute approximate surface area is 127 Å². The van der Waals surface area contributed by atoms with Gasteiger partial charge in [0, 0.05) is 20.0 Å². The summed E-state index contributed by atoms with van der Waals surface area (Å²) < 4.78 is 26.6. The number of amides is 1. The third-order valence-electron chi connectivity index (χ3n) is 3.10. The highest BCUT2D eigenvalue weighted by Gasteiger charge is 2.12. The number of hydrogen-bond donors (Lipinski definition) is 2. The van der Waals surface area contributed by atoms with Gasteiger partial charge in [-0.2, -0.15) is 0 Å². The molecular weight excluding hydrogens is 288 g/mol. The minimum Gasteiger partial charge on any atom is -0.356 e. The van der Waals surface area contributed by atoms with E-state index in [1.807, 2.05) is 6.92 Å². The Morgan fingerprint density at radius 1 is 1.00 bits per heavy atom. The first-order valence-corrected chi connectivity index (χ1v) is 8.71. The average molecular weight is 312 g/mol. The SMILES string of the molecule is CC(=O)NCCCCCCNS(=O)(=O)c1ccc(C)cc1. The van der Waals surface area contributed by atoms with Gasteiger partial charge in [0.25, 0.3) is 0 Å². The van der Waals surface area contributed by atoms with Crippen LogP contribution in [0.4, 0.5) is 0 Å². The van der Waals surface area contributed by atoms with E-state index in [-0.39, 0.29) is 5.91 Å². The summed E-state index contributed by atoms with van der Waals surface area (Å²) in [6.07, 6.45) is 3.64. The summed E-state index contributed by atoms with van der Waals surface area (Å²) >= 11 is 0. The third kappa shape index (κ3) is 7.24. The lowest BCUT2D eigenvalue weighted by Crippen LogP contribution is -2.24. The molecule has 5 nitrogen and oxygen atoms in total. The van der Waals surface area contributed by atoms with Gasteiger partial charge in [0.1, 0.15) is 0 Å². The largest absolute Gasteiger partial charge is 0.356 e. The van der Waals surface area contributed by atoms with Gasteiger partial charge in [-0.05, 0) is 31.9 Å². The van der Waals surface area contributed by atoms with Crippen LogP contribution in [-0.4, -0.2) is 27.4 Å². The number of sulfonamides is 1. The summed E-state index contributed by atoms with van der Waals surface area (Å²) in [5.74, 6) is -0.0131. The monoisotopic (exact) mass is 312 g/mol. The number of rotatable bonds is 9. The molecule has 0 heterocycles. The normalized spacial score (nSPS) is 11.3. The van der Waals surface area contributed by atoms with Crippen molar-refractivity contribution >= 4 is 15.9 Å². The summed E-state index contributed by atoms with van der Waals surface area (Å²) in [4.78, 5) is 11.0. The van der Waals surface area contributed by atoms with Crippen molar-refractivity contribution in [3.05, 3.63) is 29.8 Å². The molecule has 118 valence electrons. The molecule has 0 saturated carbocycles. The predicted molar refractivity (Wildman–Crippen MR) is 83.5 cm³/mol. The molecule has 1 amide bonds. The minimum absolute atomic E-state index is 0.0131. The zero-order valence-corrected chi connectivity index (χ0v) is 13.5. The second kappa shape index (κ2) is 8.79. The smallest absolute Gasteiger partial charge is 0.240 e. The highest BCUT2D eigenvalue weighted by atomic mass is 32.2. The van der Waals surface area contributed by atoms with Crippen LogP contribution in [0, 0.1) is 6.92 Å². The van der Waals surface area contributed by atoms with Gasteiger partial charge in [0.2, 0.25) is 15.9 Å². The number of benzene rings is 1. The lowest BCUT2D eigenvalue weighted by atomic mass is 10.2. The van der Waals surface area contributed by atoms with E-state index in [0.29, 0.717) is 18.0 Å². The summed E-state index contributed by atoms with van der Waals surface area (Å²) in [7, 11) is -3.39. The molecule has 0 aliphatic carbocycles. The van der Waals surface area contributed by atoms with Gasteiger partial charge < -0.3 is 5.32 Å². The van der Waals surface area contributed by atoms with Crippen molar-refractivity contribution in [1.82, 2.24) is 10.0 Å². The van der Waals surface area contributed by atoms with Crippen molar-refractivity contribution in [3.63, 3.8) is 0 Å². The van der Waals surface area contributed by atoms with E-state index in [0.717, 1.165) is 31.2 Å². The van der Waals surface area contributed by atoms with E-state index in [4.69, 9.17) is 0 Å². The van der Waals surface area contributed by atoms with E-state index < -0.39 is 10.0 Å². The fraction of sp³-hybridized carbons (Fsp3) is 0.533. The minimum atomic E-state index is -3.39. The molecule has 0 radical (unpaired) electrons. The summed E-state index contributed by atoms with van der Waals surface area (Å²) in [6.45, 7) is 4.55. The van der Waals surface area contributed by atoms with Crippen LogP contribution in [0.2, 0.25) is 0 Å². The third-order valence-corrected chi connectivity index (χ3v) is 4.58. The zero-order chi connectivity index (χ0) is 15.7. The second-order valence-electron chi connectivity index (χ2n) is 5.11. The number of hydrogen-bond acceptors (Lipinski definition) is 3. The van der Waals surface area contributed by atoms with Gasteiger partial charge >= 0.3 is 0 Å². The molecule has 0 fully saturated rings. The van der Waals surface area contributed by atoms with E-state index >= 15 is 0 Å². The van der Waals surface area contributed by atoms with Crippen LogP contribution < -0.4 is 10.0 Å². The van der Waals surface area contributed by atoms with Gasteiger partial charge in [-0.25, -0.2) is 13.1 Å². The molecule has 0 aromatic heterocycles. The van der Waals surface area contributed by atoms with E-state index in [2.05, 4.69) is 10.0 Å². The van der Waals surface area contributed by atoms with Crippen LogP contribution in [0.25, 0.3) is 0 Å². The van der Waals surface area contributed by atoms with Gasteiger partial charge in [0.05, 0.1) is 4.90 Å². The van der Waals surface area contributed by atoms with Crippen LogP contribution in [0.3, 0.4) is 0 Å². The van der Waals surface area contributed by atoms with Crippen molar-refractivity contribution in [2.24, 2.45) is 0 Å². The lowest BCUT2D eigenvalue weighted by Gasteiger charge is -2.07. The average Bonchev–Trinajstić information content (AvgIpc) is 2.42. The molecule has 0 unspecified atom stereocenters. The lowest BCUT2D eigenvalue weighted by molar-refractivity contribution is -0.118. The molecule has 21 heavy (non-hydrogen) atoms. The first-order valence-electron chi connectivity index (χ1n) is 7.22. The fourth-order valence-electron chi connectivity index (χ4n) is 1.88. The Morgan fingerprint density at radius 2 is 1.57 bits per heavy atom. The Balaban J connectivity index is 2.20. The highest BCUT2D eigenvalue weighted by molar-refractivity contribution is 7.89. The number of aryl methyl sites for hydroxylation is 1. The Hall–Kier alpha value is -1.40. The first-order chi connectivity index (χ1) is 9.92. The van der Waals surface area contributed by atoms with Crippen molar-refractivity contribution in [3.8, 4) is 0 Å². The topological polar surface area (TPSA) is 75.3 Å². The van der Waals surface area contributed by atoms with Crippen LogP contribution >= 0.6 is 0 Å². The zero-order valence-electron chi connectivity index (χ0n) is 12.7. The van der Waals surface area contributed by atoms with Crippen molar-refractivity contribution in [2.75, 3.05) is 13.1 Å². The molecule has 0 aliphatic heterocycles. The van der Waals surface area contributed by atoms with E-state index in [9.17, 15) is 13.2 Å². The molecule has 0 spiro atoms. The molecule has 2 N–H and O–H groups in total. The second-order valence-corrected chi connectivity index (χ2v) is 6.87. The maximum absolute atomic E-state index is 12.0. The Morgan fingerprint density at radius 3 is 2.14 bits per heavy atom. The van der Waals surface area contributed by atoms with Crippen LogP contribution in [0.5, 0.6) is 0 Å². The Bertz CT molecular complexity index is 539. The molecule has 1 aromatic rings. The van der Waals surface area contributed by atoms with Crippen molar-refractivity contribution in [1.29, 1.82) is 0 Å². The van der Waals surface area contributed by atoms with E-state index in [1.54, 1.807) is 24.3 Å². The van der Waals surface area contributed by atoms with Crippen LogP contribution in [-0.2, 0) is 14.8 Å². The van der Waals surface area contributed by atoms with Crippen LogP contribution in [0.1, 0.15) is 38.2 Å². The highest BCUT2D eigenvalue weighted by Crippen LogP contribution is 2.10. The molecule has 0 atom stereocenters. The molecule has 0 saturated heterocycles. The quantitative estimate of drug-likeness (QED) is 0.685. The Kier molecular flexibility index (Phi) is 7.39. The molecule has 0 aliphatic rings. The molecule has 6 heteroatoms. The standard InChI is InChI=1S/C15H24N2O3S/c1-13-7-9-15(10-8-13)21(19,20)17-12-6-4-3-5-11-16-14(2)18/h7-10,17H,3-6,11-12H2,1-2H3,(H,16,18). The predicted octanol–water partition coefficient (Wildman–Crippen LogP) is 1.97. The van der Waals surface area contributed by atoms with Gasteiger partial charge in [-0.3, -0.25) is 4.79 Å². The number of nitrogens with one attached hydrogen (secondary N) is 2. The maximum atomic E-state index is 12.0. The maximum Gasteiger partial charge on any atom is 0.240 e. The summed E-state index contributed by atoms with van der Waals surface area (Å²) in [6, 6.07) is 6.81. The summed E-state index contributed by atoms with van der Waals surface area (Å²) in [5, 5.41) is 2.74. The van der Waals surface area contributed by atoms with E-state index in [1.165, 1.54) is 6.92 Å². The van der Waals surface area contributed by atoms with Crippen molar-refractivity contribution < 1.29 is 13.2 Å². The number of unbranched alkanes of at least 4 members (excludes halogenated alkanes) is 3. The molecule has 1 aromatic carbocycles. The molecule has 1 rings (SSSR count). The molecular formula is C15H24N2O3S. The number of carbonyl (C=O) groups is 1. The summed E-state index contributed by atoms with van der Waals surface area (Å²) in [5.41, 5.74) is 1.04. The van der Waals surface area contributed by atoms with Crippen molar-refractivity contribution in [2.45, 2.75) is 44.4 Å². The van der Waals surface area contributed by atoms with Gasteiger partial charge in [-0.15, -0.1) is 0 Å². The fourth-order valence-corrected chi connectivity index (χ4v) is 2.95. The van der Waals surface area contributed by atoms with Crippen LogP contribution in [0.15, 0.2) is 29.2 Å². The van der Waals surface area contributed by atoms with Gasteiger partial charge in [0.15, 0.2) is 0 Å².